The average Bonchev–Trinajstić information content (AvgIpc) is 3.16. The van der Waals surface area contributed by atoms with Crippen LogP contribution < -0.4 is 10.6 Å². The number of aliphatic carboxylic acids is 1. The summed E-state index contributed by atoms with van der Waals surface area (Å²) < 4.78 is 5.60. The number of carbonyl (C=O) groups excluding carboxylic acids is 2. The smallest absolute Gasteiger partial charge is 0.407 e. The fraction of sp³-hybridized carbons (Fsp3) is 0.444. The molecule has 34 heavy (non-hydrogen) atoms. The highest BCUT2D eigenvalue weighted by atomic mass is 16.5. The van der Waals surface area contributed by atoms with Crippen LogP contribution in [-0.4, -0.2) is 41.8 Å². The first-order valence-corrected chi connectivity index (χ1v) is 12.1. The molecule has 2 aromatic rings. The van der Waals surface area contributed by atoms with E-state index in [-0.39, 0.29) is 30.4 Å². The number of ether oxygens (including phenoxy) is 1. The van der Waals surface area contributed by atoms with Crippen LogP contribution in [0.2, 0.25) is 0 Å². The van der Waals surface area contributed by atoms with Crippen molar-refractivity contribution >= 4 is 18.0 Å². The van der Waals surface area contributed by atoms with E-state index >= 15 is 0 Å². The Bertz CT molecular complexity index is 999. The lowest BCUT2D eigenvalue weighted by Crippen LogP contribution is -2.50. The Kier molecular flexibility index (Phi) is 7.50. The Morgan fingerprint density at radius 1 is 0.971 bits per heavy atom. The summed E-state index contributed by atoms with van der Waals surface area (Å²) in [5.74, 6) is -1.39. The third-order valence-electron chi connectivity index (χ3n) is 6.95. The second-order valence-corrected chi connectivity index (χ2v) is 9.21. The van der Waals surface area contributed by atoms with Crippen molar-refractivity contribution in [3.8, 4) is 11.1 Å². The molecule has 1 fully saturated rings. The van der Waals surface area contributed by atoms with Gasteiger partial charge in [-0.3, -0.25) is 9.59 Å². The summed E-state index contributed by atoms with van der Waals surface area (Å²) in [6, 6.07) is 15.5. The molecule has 180 valence electrons. The van der Waals surface area contributed by atoms with E-state index < -0.39 is 18.1 Å². The third-order valence-corrected chi connectivity index (χ3v) is 6.95. The summed E-state index contributed by atoms with van der Waals surface area (Å²) in [7, 11) is 0. The van der Waals surface area contributed by atoms with E-state index in [1.54, 1.807) is 0 Å². The molecule has 2 aromatic carbocycles. The predicted octanol–water partition coefficient (Wildman–Crippen LogP) is 4.45. The van der Waals surface area contributed by atoms with Crippen molar-refractivity contribution in [1.29, 1.82) is 0 Å². The molecule has 1 atom stereocenters. The Labute approximate surface area is 199 Å². The van der Waals surface area contributed by atoms with Crippen molar-refractivity contribution in [1.82, 2.24) is 10.6 Å². The summed E-state index contributed by atoms with van der Waals surface area (Å²) in [4.78, 5) is 36.6. The van der Waals surface area contributed by atoms with E-state index in [0.717, 1.165) is 28.7 Å². The molecule has 0 heterocycles. The number of hydrogen-bond donors (Lipinski definition) is 3. The highest BCUT2D eigenvalue weighted by molar-refractivity contribution is 5.86. The van der Waals surface area contributed by atoms with Crippen LogP contribution in [0.3, 0.4) is 0 Å². The van der Waals surface area contributed by atoms with E-state index in [0.29, 0.717) is 32.1 Å². The second kappa shape index (κ2) is 10.7. The molecule has 0 aromatic heterocycles. The maximum atomic E-state index is 12.8. The van der Waals surface area contributed by atoms with Crippen LogP contribution in [-0.2, 0) is 14.3 Å². The minimum absolute atomic E-state index is 0.0407. The summed E-state index contributed by atoms with van der Waals surface area (Å²) in [5.41, 5.74) is 4.59. The van der Waals surface area contributed by atoms with E-state index in [4.69, 9.17) is 9.84 Å². The van der Waals surface area contributed by atoms with E-state index in [1.165, 1.54) is 0 Å². The van der Waals surface area contributed by atoms with Crippen LogP contribution in [0.5, 0.6) is 0 Å². The van der Waals surface area contributed by atoms with E-state index in [9.17, 15) is 14.4 Å². The average molecular weight is 465 g/mol. The zero-order valence-corrected chi connectivity index (χ0v) is 19.5. The van der Waals surface area contributed by atoms with Gasteiger partial charge in [0.25, 0.3) is 0 Å². The number of alkyl carbamates (subject to hydrolysis) is 1. The number of benzene rings is 2. The van der Waals surface area contributed by atoms with Gasteiger partial charge >= 0.3 is 12.1 Å². The number of nitrogens with one attached hydrogen (secondary N) is 2. The fourth-order valence-corrected chi connectivity index (χ4v) is 5.13. The molecule has 7 heteroatoms. The van der Waals surface area contributed by atoms with Gasteiger partial charge in [0.15, 0.2) is 0 Å². The van der Waals surface area contributed by atoms with Crippen LogP contribution in [0.15, 0.2) is 48.5 Å². The number of hydrogen-bond acceptors (Lipinski definition) is 4. The molecule has 3 N–H and O–H groups in total. The van der Waals surface area contributed by atoms with Crippen molar-refractivity contribution in [3.05, 3.63) is 59.7 Å². The predicted molar refractivity (Wildman–Crippen MR) is 128 cm³/mol. The molecule has 2 amide bonds. The summed E-state index contributed by atoms with van der Waals surface area (Å²) >= 11 is 0. The minimum Gasteiger partial charge on any atom is -0.481 e. The number of carboxylic acid groups (broad SMARTS) is 1. The summed E-state index contributed by atoms with van der Waals surface area (Å²) in [5, 5.41) is 14.9. The lowest BCUT2D eigenvalue weighted by Gasteiger charge is -2.28. The van der Waals surface area contributed by atoms with Gasteiger partial charge in [0, 0.05) is 12.0 Å². The molecule has 0 unspecified atom stereocenters. The van der Waals surface area contributed by atoms with Crippen LogP contribution in [0.4, 0.5) is 4.79 Å². The van der Waals surface area contributed by atoms with Crippen molar-refractivity contribution in [2.75, 3.05) is 6.61 Å². The lowest BCUT2D eigenvalue weighted by atomic mass is 9.86. The zero-order valence-electron chi connectivity index (χ0n) is 19.5. The number of fused-ring (bicyclic) bond motifs is 3. The van der Waals surface area contributed by atoms with Gasteiger partial charge in [-0.05, 0) is 54.4 Å². The molecular weight excluding hydrogens is 432 g/mol. The molecular formula is C27H32N2O5. The van der Waals surface area contributed by atoms with Gasteiger partial charge in [-0.25, -0.2) is 4.79 Å². The maximum absolute atomic E-state index is 12.8. The monoisotopic (exact) mass is 464 g/mol. The van der Waals surface area contributed by atoms with Gasteiger partial charge in [-0.2, -0.15) is 0 Å². The highest BCUT2D eigenvalue weighted by Crippen LogP contribution is 2.44. The Hall–Kier alpha value is -3.35. The van der Waals surface area contributed by atoms with E-state index in [1.807, 2.05) is 31.2 Å². The summed E-state index contributed by atoms with van der Waals surface area (Å²) in [6.07, 6.45) is 2.99. The van der Waals surface area contributed by atoms with Gasteiger partial charge < -0.3 is 20.5 Å². The van der Waals surface area contributed by atoms with Crippen LogP contribution in [0, 0.1) is 5.92 Å². The van der Waals surface area contributed by atoms with Gasteiger partial charge in [0.2, 0.25) is 5.91 Å². The molecule has 7 nitrogen and oxygen atoms in total. The Morgan fingerprint density at radius 2 is 1.56 bits per heavy atom. The molecule has 2 aliphatic carbocycles. The first-order chi connectivity index (χ1) is 16.5. The molecule has 0 spiro atoms. The molecule has 0 saturated heterocycles. The Morgan fingerprint density at radius 3 is 2.12 bits per heavy atom. The third kappa shape index (κ3) is 5.24. The molecule has 0 aliphatic heterocycles. The van der Waals surface area contributed by atoms with Crippen molar-refractivity contribution in [2.24, 2.45) is 5.92 Å². The lowest BCUT2D eigenvalue weighted by molar-refractivity contribution is -0.142. The van der Waals surface area contributed by atoms with Gasteiger partial charge in [-0.1, -0.05) is 61.9 Å². The largest absolute Gasteiger partial charge is 0.481 e. The number of rotatable bonds is 8. The molecule has 0 bridgehead atoms. The second-order valence-electron chi connectivity index (χ2n) is 9.21. The standard InChI is InChI=1S/C27H32N2O5/c1-2-7-24(25(30)28-18-14-12-17(13-15-18)26(31)32)29-27(33)34-16-23-21-10-5-3-8-19(21)20-9-4-6-11-22(20)23/h3-6,8-11,17-18,23-24H,2,7,12-16H2,1H3,(H,28,30)(H,29,33)(H,31,32)/t17?,18?,24-/m0/s1. The van der Waals surface area contributed by atoms with Crippen molar-refractivity contribution in [2.45, 2.75) is 63.5 Å². The minimum atomic E-state index is -0.773. The van der Waals surface area contributed by atoms with Gasteiger partial charge in [-0.15, -0.1) is 0 Å². The SMILES string of the molecule is CCC[C@H](NC(=O)OCC1c2ccccc2-c2ccccc21)C(=O)NC1CCC(C(=O)O)CC1. The number of amides is 2. The van der Waals surface area contributed by atoms with Crippen LogP contribution in [0.25, 0.3) is 11.1 Å². The van der Waals surface area contributed by atoms with Crippen LogP contribution in [0.1, 0.15) is 62.5 Å². The topological polar surface area (TPSA) is 105 Å². The van der Waals surface area contributed by atoms with Gasteiger partial charge in [0.1, 0.15) is 12.6 Å². The number of carboxylic acids is 1. The fourth-order valence-electron chi connectivity index (χ4n) is 5.13. The van der Waals surface area contributed by atoms with Crippen molar-refractivity contribution in [3.63, 3.8) is 0 Å². The number of carbonyl (C=O) groups is 3. The maximum Gasteiger partial charge on any atom is 0.407 e. The van der Waals surface area contributed by atoms with Gasteiger partial charge in [0.05, 0.1) is 5.92 Å². The van der Waals surface area contributed by atoms with Crippen LogP contribution >= 0.6 is 0 Å². The quantitative estimate of drug-likeness (QED) is 0.535. The summed E-state index contributed by atoms with van der Waals surface area (Å²) in [6.45, 7) is 2.15. The Balaban J connectivity index is 1.33. The van der Waals surface area contributed by atoms with Crippen molar-refractivity contribution < 1.29 is 24.2 Å². The molecule has 1 saturated carbocycles. The first-order valence-electron chi connectivity index (χ1n) is 12.1. The zero-order chi connectivity index (χ0) is 24.1. The first kappa shape index (κ1) is 23.8. The normalized spacial score (nSPS) is 20.0. The van der Waals surface area contributed by atoms with E-state index in [2.05, 4.69) is 34.9 Å². The molecule has 4 rings (SSSR count). The molecule has 0 radical (unpaired) electrons. The highest BCUT2D eigenvalue weighted by Gasteiger charge is 2.31. The molecule has 2 aliphatic rings.